The number of aryl methyl sites for hydroxylation is 1. The van der Waals surface area contributed by atoms with E-state index in [0.29, 0.717) is 16.5 Å². The second-order valence-corrected chi connectivity index (χ2v) is 8.11. The number of aromatic nitrogens is 2. The van der Waals surface area contributed by atoms with Crippen LogP contribution in [0, 0.1) is 18.3 Å². The molecule has 4 rings (SSSR count). The van der Waals surface area contributed by atoms with Crippen LogP contribution >= 0.6 is 0 Å². The van der Waals surface area contributed by atoms with Crippen LogP contribution in [0.15, 0.2) is 48.8 Å². The predicted molar refractivity (Wildman–Crippen MR) is 123 cm³/mol. The molecule has 1 aromatic carbocycles. The maximum atomic E-state index is 13.6. The average molecular weight is 461 g/mol. The van der Waals surface area contributed by atoms with Gasteiger partial charge in [0.1, 0.15) is 6.04 Å². The van der Waals surface area contributed by atoms with Gasteiger partial charge in [-0.15, -0.1) is 0 Å². The van der Waals surface area contributed by atoms with Gasteiger partial charge >= 0.3 is 0 Å². The number of carbonyl (C=O) groups excluding carboxylic acids is 2. The molecule has 1 saturated heterocycles. The van der Waals surface area contributed by atoms with Crippen molar-refractivity contribution in [1.82, 2.24) is 20.2 Å². The summed E-state index contributed by atoms with van der Waals surface area (Å²) >= 11 is 0. The number of amides is 2. The van der Waals surface area contributed by atoms with Crippen LogP contribution in [0.25, 0.3) is 23.1 Å². The van der Waals surface area contributed by atoms with Gasteiger partial charge in [0.15, 0.2) is 0 Å². The highest BCUT2D eigenvalue weighted by Gasteiger charge is 2.47. The highest BCUT2D eigenvalue weighted by molar-refractivity contribution is 6.07. The van der Waals surface area contributed by atoms with Gasteiger partial charge < -0.3 is 10.2 Å². The molecule has 2 amide bonds. The Morgan fingerprint density at radius 3 is 2.65 bits per heavy atom. The van der Waals surface area contributed by atoms with Gasteiger partial charge in [0.2, 0.25) is 5.91 Å². The van der Waals surface area contributed by atoms with Gasteiger partial charge in [0.05, 0.1) is 30.2 Å². The van der Waals surface area contributed by atoms with Crippen LogP contribution in [0.4, 0.5) is 8.78 Å². The third-order valence-electron chi connectivity index (χ3n) is 5.54. The molecule has 7 nitrogen and oxygen atoms in total. The first kappa shape index (κ1) is 23.0. The third-order valence-corrected chi connectivity index (χ3v) is 5.54. The molecule has 0 radical (unpaired) electrons. The van der Waals surface area contributed by atoms with Crippen LogP contribution in [0.5, 0.6) is 0 Å². The monoisotopic (exact) mass is 461 g/mol. The van der Waals surface area contributed by atoms with Crippen molar-refractivity contribution < 1.29 is 18.4 Å². The predicted octanol–water partition coefficient (Wildman–Crippen LogP) is 3.60. The Balaban J connectivity index is 1.51. The standard InChI is InChI=1S/C25H21F2N5O2/c1-16-10-18(6-8-29-16)3-2-17-4-5-22-21(11-17)20(7-9-30-22)24(34)31-14-23(33)32-15-25(26,27)12-19(32)13-28/h2-11,19H,12,14-15H2,1H3,(H,31,34)/b3-2+. The first-order chi connectivity index (χ1) is 16.3. The number of likely N-dealkylation sites (tertiary alicyclic amines) is 1. The quantitative estimate of drug-likeness (QED) is 0.626. The summed E-state index contributed by atoms with van der Waals surface area (Å²) in [4.78, 5) is 34.5. The van der Waals surface area contributed by atoms with Crippen LogP contribution in [-0.2, 0) is 4.79 Å². The summed E-state index contributed by atoms with van der Waals surface area (Å²) in [7, 11) is 0. The van der Waals surface area contributed by atoms with E-state index >= 15 is 0 Å². The topological polar surface area (TPSA) is 99.0 Å². The maximum absolute atomic E-state index is 13.6. The van der Waals surface area contributed by atoms with Gasteiger partial charge in [-0.05, 0) is 48.4 Å². The van der Waals surface area contributed by atoms with Crippen LogP contribution in [0.2, 0.25) is 0 Å². The number of benzene rings is 1. The van der Waals surface area contributed by atoms with Crippen molar-refractivity contribution in [2.75, 3.05) is 13.1 Å². The summed E-state index contributed by atoms with van der Waals surface area (Å²) in [6.07, 6.45) is 6.35. The molecule has 1 N–H and O–H groups in total. The fourth-order valence-corrected chi connectivity index (χ4v) is 3.88. The second-order valence-electron chi connectivity index (χ2n) is 8.11. The molecule has 0 saturated carbocycles. The molecule has 3 aromatic rings. The normalized spacial score (nSPS) is 17.1. The zero-order valence-corrected chi connectivity index (χ0v) is 18.3. The largest absolute Gasteiger partial charge is 0.343 e. The Morgan fingerprint density at radius 2 is 1.91 bits per heavy atom. The van der Waals surface area contributed by atoms with E-state index in [-0.39, 0.29) is 0 Å². The Bertz CT molecular complexity index is 1330. The van der Waals surface area contributed by atoms with Gasteiger partial charge in [-0.25, -0.2) is 8.78 Å². The maximum Gasteiger partial charge on any atom is 0.268 e. The first-order valence-electron chi connectivity index (χ1n) is 10.6. The molecule has 3 heterocycles. The number of hydrogen-bond acceptors (Lipinski definition) is 5. The molecule has 1 aliphatic rings. The van der Waals surface area contributed by atoms with Crippen molar-refractivity contribution in [1.29, 1.82) is 5.26 Å². The van der Waals surface area contributed by atoms with Gasteiger partial charge in [-0.1, -0.05) is 18.2 Å². The molecule has 1 atom stereocenters. The fraction of sp³-hybridized carbons (Fsp3) is 0.240. The molecular weight excluding hydrogens is 440 g/mol. The van der Waals surface area contributed by atoms with Crippen LogP contribution in [0.3, 0.4) is 0 Å². The Morgan fingerprint density at radius 1 is 1.18 bits per heavy atom. The minimum atomic E-state index is -3.11. The summed E-state index contributed by atoms with van der Waals surface area (Å²) in [6.45, 7) is 0.590. The number of nitrogens with one attached hydrogen (secondary N) is 1. The third kappa shape index (κ3) is 5.07. The summed E-state index contributed by atoms with van der Waals surface area (Å²) in [5, 5.41) is 12.1. The number of carbonyl (C=O) groups is 2. The van der Waals surface area contributed by atoms with E-state index in [2.05, 4.69) is 15.3 Å². The molecule has 1 fully saturated rings. The average Bonchev–Trinajstić information content (AvgIpc) is 3.15. The Kier molecular flexibility index (Phi) is 6.32. The van der Waals surface area contributed by atoms with Gasteiger partial charge in [-0.2, -0.15) is 5.26 Å². The molecule has 172 valence electrons. The lowest BCUT2D eigenvalue weighted by Crippen LogP contribution is -2.43. The molecule has 0 bridgehead atoms. The SMILES string of the molecule is Cc1cc(/C=C/c2ccc3nccc(C(=O)NCC(=O)N4CC(F)(F)CC4C#N)c3c2)ccn1. The number of alkyl halides is 2. The molecule has 9 heteroatoms. The van der Waals surface area contributed by atoms with Crippen molar-refractivity contribution in [3.8, 4) is 6.07 Å². The number of halogens is 2. The van der Waals surface area contributed by atoms with E-state index < -0.39 is 43.3 Å². The molecule has 1 aliphatic heterocycles. The zero-order chi connectivity index (χ0) is 24.3. The smallest absolute Gasteiger partial charge is 0.268 e. The Hall–Kier alpha value is -4.19. The zero-order valence-electron chi connectivity index (χ0n) is 18.3. The van der Waals surface area contributed by atoms with E-state index in [1.807, 2.05) is 43.3 Å². The van der Waals surface area contributed by atoms with Crippen LogP contribution in [0.1, 0.15) is 33.6 Å². The van der Waals surface area contributed by atoms with Gasteiger partial charge in [-0.3, -0.25) is 19.6 Å². The van der Waals surface area contributed by atoms with E-state index in [1.54, 1.807) is 18.3 Å². The summed E-state index contributed by atoms with van der Waals surface area (Å²) in [6, 6.07) is 11.4. The first-order valence-corrected chi connectivity index (χ1v) is 10.6. The van der Waals surface area contributed by atoms with Crippen LogP contribution < -0.4 is 5.32 Å². The van der Waals surface area contributed by atoms with Crippen molar-refractivity contribution in [3.63, 3.8) is 0 Å². The minimum Gasteiger partial charge on any atom is -0.343 e. The lowest BCUT2D eigenvalue weighted by molar-refractivity contribution is -0.131. The van der Waals surface area contributed by atoms with Crippen molar-refractivity contribution >= 4 is 34.9 Å². The number of nitriles is 1. The number of pyridine rings is 2. The van der Waals surface area contributed by atoms with E-state index in [9.17, 15) is 18.4 Å². The highest BCUT2D eigenvalue weighted by Crippen LogP contribution is 2.31. The van der Waals surface area contributed by atoms with Crippen LogP contribution in [-0.4, -0.2) is 51.7 Å². The molecule has 1 unspecified atom stereocenters. The fourth-order valence-electron chi connectivity index (χ4n) is 3.88. The van der Waals surface area contributed by atoms with E-state index in [1.165, 1.54) is 12.3 Å². The van der Waals surface area contributed by atoms with Gasteiger partial charge in [0.25, 0.3) is 11.8 Å². The Labute approximate surface area is 194 Å². The molecule has 2 aromatic heterocycles. The second kappa shape index (κ2) is 9.35. The van der Waals surface area contributed by atoms with E-state index in [0.717, 1.165) is 21.7 Å². The lowest BCUT2D eigenvalue weighted by Gasteiger charge is -2.19. The summed E-state index contributed by atoms with van der Waals surface area (Å²) < 4.78 is 27.2. The summed E-state index contributed by atoms with van der Waals surface area (Å²) in [5.41, 5.74) is 3.63. The number of fused-ring (bicyclic) bond motifs is 1. The minimum absolute atomic E-state index is 0.302. The number of nitrogens with zero attached hydrogens (tertiary/aromatic N) is 4. The van der Waals surface area contributed by atoms with E-state index in [4.69, 9.17) is 5.26 Å². The van der Waals surface area contributed by atoms with Crippen molar-refractivity contribution in [2.45, 2.75) is 25.3 Å². The lowest BCUT2D eigenvalue weighted by atomic mass is 10.0. The van der Waals surface area contributed by atoms with Crippen molar-refractivity contribution in [3.05, 3.63) is 71.2 Å². The summed E-state index contributed by atoms with van der Waals surface area (Å²) in [5.74, 6) is -4.38. The number of hydrogen-bond donors (Lipinski definition) is 1. The molecule has 0 aliphatic carbocycles. The highest BCUT2D eigenvalue weighted by atomic mass is 19.3. The molecule has 34 heavy (non-hydrogen) atoms. The van der Waals surface area contributed by atoms with Gasteiger partial charge in [0, 0.05) is 29.9 Å². The molecular formula is C25H21F2N5O2. The van der Waals surface area contributed by atoms with Crippen molar-refractivity contribution in [2.24, 2.45) is 0 Å². The molecule has 0 spiro atoms. The number of rotatable bonds is 5.